The lowest BCUT2D eigenvalue weighted by molar-refractivity contribution is -0.439. The van der Waals surface area contributed by atoms with Crippen molar-refractivity contribution in [3.63, 3.8) is 0 Å². The van der Waals surface area contributed by atoms with Gasteiger partial charge in [-0.1, -0.05) is 42.5 Å². The molecule has 0 spiro atoms. The SMILES string of the molecule is COCCOCCOCCOCCN1/C(=C/C=C/C2=[N+](CCCOCCOCCOCCOCCC(=O)ON3C(=O)CCC3=O)c3ccccc3C2(C)CCOCCOCCOCCOC)C(C)(CCOCCOCCOCCOC)c2ccccc21. The Labute approximate surface area is 515 Å². The molecule has 0 N–H and O–H groups in total. The molecule has 2 amide bonds. The summed E-state index contributed by atoms with van der Waals surface area (Å²) < 4.78 is 93.3. The molecule has 2 atom stereocenters. The second-order valence-electron chi connectivity index (χ2n) is 20.9. The van der Waals surface area contributed by atoms with E-state index in [2.05, 4.69) is 90.1 Å². The molecule has 0 aliphatic carbocycles. The van der Waals surface area contributed by atoms with Crippen LogP contribution in [0.3, 0.4) is 0 Å². The number of anilines is 1. The van der Waals surface area contributed by atoms with E-state index < -0.39 is 28.6 Å². The van der Waals surface area contributed by atoms with Gasteiger partial charge in [0.15, 0.2) is 12.3 Å². The van der Waals surface area contributed by atoms with E-state index in [1.165, 1.54) is 16.8 Å². The third-order valence-electron chi connectivity index (χ3n) is 14.7. The molecule has 5 rings (SSSR count). The number of rotatable bonds is 55. The zero-order valence-corrected chi connectivity index (χ0v) is 52.5. The Morgan fingerprint density at radius 1 is 0.483 bits per heavy atom. The number of benzene rings is 2. The third kappa shape index (κ3) is 26.4. The average Bonchev–Trinajstić information content (AvgIpc) is 1.71. The number of allylic oxidation sites excluding steroid dienone is 4. The van der Waals surface area contributed by atoms with E-state index in [0.717, 1.165) is 42.9 Å². The first kappa shape index (κ1) is 73.1. The van der Waals surface area contributed by atoms with Crippen molar-refractivity contribution in [2.24, 2.45) is 0 Å². The molecule has 2 aromatic rings. The second-order valence-corrected chi connectivity index (χ2v) is 20.9. The van der Waals surface area contributed by atoms with E-state index >= 15 is 0 Å². The molecule has 3 aliphatic heterocycles. The Morgan fingerprint density at radius 3 is 1.38 bits per heavy atom. The van der Waals surface area contributed by atoms with Gasteiger partial charge in [0.25, 0.3) is 11.8 Å². The van der Waals surface area contributed by atoms with E-state index in [9.17, 15) is 14.4 Å². The quantitative estimate of drug-likeness (QED) is 0.0448. The lowest BCUT2D eigenvalue weighted by Gasteiger charge is -2.30. The van der Waals surface area contributed by atoms with Gasteiger partial charge in [-0.05, 0) is 44.4 Å². The van der Waals surface area contributed by atoms with Gasteiger partial charge in [-0.2, -0.15) is 4.58 Å². The smallest absolute Gasteiger partial charge is 0.335 e. The van der Waals surface area contributed by atoms with Crippen molar-refractivity contribution in [1.82, 2.24) is 5.06 Å². The highest BCUT2D eigenvalue weighted by Crippen LogP contribution is 2.50. The number of hydrogen-bond acceptors (Lipinski definition) is 21. The van der Waals surface area contributed by atoms with Gasteiger partial charge in [0.2, 0.25) is 5.69 Å². The molecule has 490 valence electrons. The number of hydrogen-bond donors (Lipinski definition) is 0. The zero-order chi connectivity index (χ0) is 61.9. The van der Waals surface area contributed by atoms with Gasteiger partial charge in [-0.3, -0.25) is 9.59 Å². The Bertz CT molecular complexity index is 2310. The fraction of sp³-hybridized carbons (Fsp3) is 0.688. The molecule has 0 bridgehead atoms. The molecular weight excluding hydrogens is 1130 g/mol. The van der Waals surface area contributed by atoms with Crippen molar-refractivity contribution in [2.75, 3.05) is 231 Å². The van der Waals surface area contributed by atoms with Crippen LogP contribution in [0.2, 0.25) is 0 Å². The van der Waals surface area contributed by atoms with Crippen molar-refractivity contribution in [3.05, 3.63) is 83.6 Å². The fourth-order valence-electron chi connectivity index (χ4n) is 10.1. The number of methoxy groups -OCH3 is 3. The van der Waals surface area contributed by atoms with Crippen LogP contribution in [0.1, 0.15) is 63.5 Å². The summed E-state index contributed by atoms with van der Waals surface area (Å²) in [6.07, 6.45) is 9.01. The predicted molar refractivity (Wildman–Crippen MR) is 324 cm³/mol. The number of amides is 2. The maximum Gasteiger partial charge on any atom is 0.335 e. The molecule has 0 saturated carbocycles. The van der Waals surface area contributed by atoms with E-state index in [1.54, 1.807) is 21.3 Å². The van der Waals surface area contributed by atoms with Crippen molar-refractivity contribution in [3.8, 4) is 0 Å². The Kier molecular flexibility index (Phi) is 37.6. The molecule has 3 aliphatic rings. The highest BCUT2D eigenvalue weighted by molar-refractivity contribution is 6.03. The van der Waals surface area contributed by atoms with Crippen molar-refractivity contribution in [2.45, 2.75) is 63.2 Å². The van der Waals surface area contributed by atoms with Crippen LogP contribution in [0.5, 0.6) is 0 Å². The number of fused-ring (bicyclic) bond motifs is 2. The summed E-state index contributed by atoms with van der Waals surface area (Å²) in [6.45, 7) is 19.4. The molecule has 0 radical (unpaired) electrons. The molecule has 3 heterocycles. The number of imide groups is 1. The van der Waals surface area contributed by atoms with Gasteiger partial charge >= 0.3 is 5.97 Å². The number of hydroxylamine groups is 2. The lowest BCUT2D eigenvalue weighted by atomic mass is 9.76. The van der Waals surface area contributed by atoms with Crippen molar-refractivity contribution >= 4 is 34.9 Å². The summed E-state index contributed by atoms with van der Waals surface area (Å²) in [4.78, 5) is 42.5. The number of carbonyl (C=O) groups is 3. The topological polar surface area (TPSA) is 218 Å². The van der Waals surface area contributed by atoms with Crippen LogP contribution >= 0.6 is 0 Å². The van der Waals surface area contributed by atoms with E-state index in [1.807, 2.05) is 0 Å². The summed E-state index contributed by atoms with van der Waals surface area (Å²) in [5.41, 5.74) is 6.31. The minimum absolute atomic E-state index is 0.0437. The molecule has 23 heteroatoms. The fourth-order valence-corrected chi connectivity index (χ4v) is 10.1. The van der Waals surface area contributed by atoms with Gasteiger partial charge in [0.1, 0.15) is 0 Å². The number of para-hydroxylation sites is 2. The molecule has 1 saturated heterocycles. The summed E-state index contributed by atoms with van der Waals surface area (Å²) in [6, 6.07) is 17.3. The van der Waals surface area contributed by atoms with Crippen LogP contribution < -0.4 is 4.90 Å². The molecule has 2 unspecified atom stereocenters. The molecule has 1 fully saturated rings. The van der Waals surface area contributed by atoms with E-state index in [0.29, 0.717) is 190 Å². The molecule has 87 heavy (non-hydrogen) atoms. The normalized spacial score (nSPS) is 18.0. The predicted octanol–water partition coefficient (Wildman–Crippen LogP) is 5.58. The number of nitrogens with zero attached hydrogens (tertiary/aromatic N) is 3. The lowest BCUT2D eigenvalue weighted by Crippen LogP contribution is -2.33. The van der Waals surface area contributed by atoms with E-state index in [4.69, 9.17) is 80.6 Å². The van der Waals surface area contributed by atoms with Crippen LogP contribution in [-0.2, 0) is 106 Å². The number of ether oxygens (including phenoxy) is 16. The van der Waals surface area contributed by atoms with Crippen LogP contribution in [-0.4, -0.2) is 259 Å². The molecule has 0 aromatic heterocycles. The van der Waals surface area contributed by atoms with Crippen molar-refractivity contribution < 1.29 is 99.6 Å². The highest BCUT2D eigenvalue weighted by atomic mass is 16.7. The summed E-state index contributed by atoms with van der Waals surface area (Å²) in [7, 11) is 4.96. The average molecular weight is 1230 g/mol. The molecule has 2 aromatic carbocycles. The molecular formula is C64H100N3O20+. The minimum atomic E-state index is -0.707. The van der Waals surface area contributed by atoms with Crippen molar-refractivity contribution in [1.29, 1.82) is 0 Å². The Morgan fingerprint density at radius 2 is 0.885 bits per heavy atom. The summed E-state index contributed by atoms with van der Waals surface area (Å²) in [5, 5.41) is 0.530. The van der Waals surface area contributed by atoms with Gasteiger partial charge in [-0.25, -0.2) is 4.79 Å². The summed E-state index contributed by atoms with van der Waals surface area (Å²) >= 11 is 0. The standard InChI is InChI=1S/C64H100N3O20/c1-63(21-27-76-38-43-84-49-46-79-33-30-71-3)54-12-6-8-14-56(54)65(23-11-25-74-36-41-82-52-53-83-42-37-75-26-20-62(70)87-67-60(68)18-19-61(67)69)58(63)16-10-17-59-64(2,22-28-77-39-44-85-50-47-80-34-31-72-4)55-13-7-9-15-57(55)66(59)24-29-78-40-45-86-51-48-81-35-32-73-5/h6-10,12-17H,11,18-53H2,1-5H3/q+1. The van der Waals surface area contributed by atoms with Crippen LogP contribution in [0.25, 0.3) is 0 Å². The van der Waals surface area contributed by atoms with Crippen LogP contribution in [0.4, 0.5) is 11.4 Å². The van der Waals surface area contributed by atoms with Gasteiger partial charge in [0.05, 0.1) is 190 Å². The summed E-state index contributed by atoms with van der Waals surface area (Å²) in [5.74, 6) is -1.74. The minimum Gasteiger partial charge on any atom is -0.382 e. The maximum atomic E-state index is 12.0. The van der Waals surface area contributed by atoms with Crippen LogP contribution in [0.15, 0.2) is 72.5 Å². The first-order valence-corrected chi connectivity index (χ1v) is 30.7. The Balaban J connectivity index is 1.23. The third-order valence-corrected chi connectivity index (χ3v) is 14.7. The van der Waals surface area contributed by atoms with Gasteiger partial charge < -0.3 is 85.5 Å². The largest absolute Gasteiger partial charge is 0.382 e. The zero-order valence-electron chi connectivity index (χ0n) is 52.5. The van der Waals surface area contributed by atoms with Gasteiger partial charge in [-0.15, -0.1) is 5.06 Å². The van der Waals surface area contributed by atoms with Crippen LogP contribution in [0, 0.1) is 0 Å². The second kappa shape index (κ2) is 44.7. The monoisotopic (exact) mass is 1230 g/mol. The first-order valence-electron chi connectivity index (χ1n) is 30.7. The van der Waals surface area contributed by atoms with E-state index in [-0.39, 0.29) is 32.5 Å². The maximum absolute atomic E-state index is 12.0. The van der Waals surface area contributed by atoms with Gasteiger partial charge in [0, 0.05) is 94.9 Å². The number of carbonyl (C=O) groups excluding carboxylic acids is 3. The molecule has 23 nitrogen and oxygen atoms in total. The Hall–Kier alpha value is -4.64. The first-order chi connectivity index (χ1) is 42.7. The highest BCUT2D eigenvalue weighted by Gasteiger charge is 2.48.